The molecule has 2 aliphatic carbocycles. The van der Waals surface area contributed by atoms with E-state index in [0.29, 0.717) is 22.9 Å². The lowest BCUT2D eigenvalue weighted by atomic mass is 9.82. The number of rotatable bonds is 7. The number of methoxy groups -OCH3 is 2. The molecule has 186 valence electrons. The zero-order valence-electron chi connectivity index (χ0n) is 20.1. The van der Waals surface area contributed by atoms with Gasteiger partial charge in [-0.15, -0.1) is 0 Å². The Kier molecular flexibility index (Phi) is 5.99. The molecule has 1 saturated heterocycles. The van der Waals surface area contributed by atoms with Crippen LogP contribution in [0.15, 0.2) is 54.1 Å². The summed E-state index contributed by atoms with van der Waals surface area (Å²) in [5, 5.41) is 2.63. The number of anilines is 2. The fraction of sp³-hybridized carbons (Fsp3) is 0.333. The van der Waals surface area contributed by atoms with Crippen LogP contribution in [0, 0.1) is 23.7 Å². The number of ether oxygens (including phenoxy) is 3. The molecule has 0 unspecified atom stereocenters. The summed E-state index contributed by atoms with van der Waals surface area (Å²) in [6.07, 6.45) is 3.00. The van der Waals surface area contributed by atoms with Gasteiger partial charge in [0.25, 0.3) is 5.91 Å². The molecule has 0 radical (unpaired) electrons. The largest absolute Gasteiger partial charge is 0.497 e. The molecular weight excluding hydrogens is 464 g/mol. The Morgan fingerprint density at radius 1 is 1.00 bits per heavy atom. The van der Waals surface area contributed by atoms with E-state index >= 15 is 0 Å². The van der Waals surface area contributed by atoms with Crippen LogP contribution in [0.3, 0.4) is 0 Å². The zero-order valence-corrected chi connectivity index (χ0v) is 20.1. The van der Waals surface area contributed by atoms with E-state index in [-0.39, 0.29) is 41.0 Å². The van der Waals surface area contributed by atoms with Gasteiger partial charge in [0.15, 0.2) is 6.61 Å². The van der Waals surface area contributed by atoms with Crippen LogP contribution >= 0.6 is 0 Å². The normalized spacial score (nSPS) is 23.9. The van der Waals surface area contributed by atoms with Crippen LogP contribution in [0.1, 0.15) is 23.7 Å². The van der Waals surface area contributed by atoms with E-state index in [1.807, 2.05) is 6.92 Å². The molecule has 2 aromatic rings. The van der Waals surface area contributed by atoms with Gasteiger partial charge in [-0.3, -0.25) is 19.3 Å². The number of hydrogen-bond acceptors (Lipinski definition) is 7. The van der Waals surface area contributed by atoms with E-state index in [9.17, 15) is 19.2 Å². The van der Waals surface area contributed by atoms with Gasteiger partial charge in [-0.2, -0.15) is 0 Å². The van der Waals surface area contributed by atoms with Crippen LogP contribution in [0.2, 0.25) is 0 Å². The van der Waals surface area contributed by atoms with Gasteiger partial charge in [-0.05, 0) is 61.6 Å². The Bertz CT molecular complexity index is 1280. The monoisotopic (exact) mass is 490 g/mol. The highest BCUT2D eigenvalue weighted by Crippen LogP contribution is 2.55. The molecule has 1 saturated carbocycles. The van der Waals surface area contributed by atoms with Crippen LogP contribution in [0.4, 0.5) is 11.4 Å². The minimum atomic E-state index is -0.702. The van der Waals surface area contributed by atoms with E-state index in [0.717, 1.165) is 6.42 Å². The Hall–Kier alpha value is -4.14. The lowest BCUT2D eigenvalue weighted by molar-refractivity contribution is -0.123. The number of nitrogens with zero attached hydrogens (tertiary/aromatic N) is 1. The maximum atomic E-state index is 13.1. The molecule has 3 amide bonds. The summed E-state index contributed by atoms with van der Waals surface area (Å²) in [5.41, 5.74) is 2.23. The molecule has 2 fully saturated rings. The first-order valence-electron chi connectivity index (χ1n) is 11.7. The molecule has 9 nitrogen and oxygen atoms in total. The fourth-order valence-corrected chi connectivity index (χ4v) is 5.58. The second-order valence-electron chi connectivity index (χ2n) is 9.22. The van der Waals surface area contributed by atoms with Crippen molar-refractivity contribution in [3.05, 3.63) is 59.7 Å². The van der Waals surface area contributed by atoms with Gasteiger partial charge in [-0.1, -0.05) is 11.6 Å². The van der Waals surface area contributed by atoms with Gasteiger partial charge in [0, 0.05) is 6.07 Å². The number of carbonyl (C=O) groups excluding carboxylic acids is 4. The number of imide groups is 1. The summed E-state index contributed by atoms with van der Waals surface area (Å²) in [5.74, 6) is -0.946. The molecule has 1 N–H and O–H groups in total. The molecule has 5 rings (SSSR count). The minimum absolute atomic E-state index is 0.125. The molecular formula is C27H26N2O7. The molecule has 3 aliphatic rings. The summed E-state index contributed by atoms with van der Waals surface area (Å²) in [6.45, 7) is 1.52. The van der Waals surface area contributed by atoms with Crippen LogP contribution in [0.5, 0.6) is 11.5 Å². The molecule has 4 atom stereocenters. The molecule has 1 heterocycles. The third kappa shape index (κ3) is 3.90. The summed E-state index contributed by atoms with van der Waals surface area (Å²) < 4.78 is 15.5. The number of nitrogens with one attached hydrogen (secondary N) is 1. The molecule has 0 spiro atoms. The number of hydrogen-bond donors (Lipinski definition) is 1. The predicted octanol–water partition coefficient (Wildman–Crippen LogP) is 3.20. The summed E-state index contributed by atoms with van der Waals surface area (Å²) in [7, 11) is 2.98. The van der Waals surface area contributed by atoms with Crippen molar-refractivity contribution < 1.29 is 33.4 Å². The van der Waals surface area contributed by atoms with E-state index in [1.165, 1.54) is 36.8 Å². The first kappa shape index (κ1) is 23.6. The summed E-state index contributed by atoms with van der Waals surface area (Å²) in [4.78, 5) is 52.1. The highest BCUT2D eigenvalue weighted by Gasteiger charge is 2.60. The average molecular weight is 491 g/mol. The van der Waals surface area contributed by atoms with Crippen LogP contribution in [-0.4, -0.2) is 44.5 Å². The number of carbonyl (C=O) groups is 4. The highest BCUT2D eigenvalue weighted by molar-refractivity contribution is 6.23. The second-order valence-corrected chi connectivity index (χ2v) is 9.22. The smallest absolute Gasteiger partial charge is 0.338 e. The molecule has 2 bridgehead atoms. The zero-order chi connectivity index (χ0) is 25.6. The average Bonchev–Trinajstić information content (AvgIpc) is 3.52. The van der Waals surface area contributed by atoms with E-state index in [1.54, 1.807) is 30.3 Å². The molecule has 1 aliphatic heterocycles. The van der Waals surface area contributed by atoms with Gasteiger partial charge in [-0.25, -0.2) is 4.79 Å². The van der Waals surface area contributed by atoms with Gasteiger partial charge in [0.05, 0.1) is 43.0 Å². The molecule has 0 aromatic heterocycles. The van der Waals surface area contributed by atoms with Crippen molar-refractivity contribution in [2.24, 2.45) is 23.7 Å². The Morgan fingerprint density at radius 3 is 2.42 bits per heavy atom. The number of benzene rings is 2. The van der Waals surface area contributed by atoms with Gasteiger partial charge in [0.1, 0.15) is 11.5 Å². The maximum Gasteiger partial charge on any atom is 0.338 e. The number of allylic oxidation sites excluding steroid dienone is 2. The molecule has 9 heteroatoms. The lowest BCUT2D eigenvalue weighted by Gasteiger charge is -2.19. The quantitative estimate of drug-likeness (QED) is 0.360. The lowest BCUT2D eigenvalue weighted by Crippen LogP contribution is -2.33. The topological polar surface area (TPSA) is 111 Å². The van der Waals surface area contributed by atoms with Gasteiger partial charge in [0.2, 0.25) is 11.8 Å². The van der Waals surface area contributed by atoms with Crippen LogP contribution < -0.4 is 19.7 Å². The van der Waals surface area contributed by atoms with Gasteiger partial charge >= 0.3 is 5.97 Å². The third-order valence-corrected chi connectivity index (χ3v) is 7.26. The third-order valence-electron chi connectivity index (χ3n) is 7.26. The second kappa shape index (κ2) is 9.14. The first-order valence-corrected chi connectivity index (χ1v) is 11.7. The Balaban J connectivity index is 1.20. The van der Waals surface area contributed by atoms with Crippen molar-refractivity contribution in [2.45, 2.75) is 13.3 Å². The molecule has 2 aromatic carbocycles. The van der Waals surface area contributed by atoms with Crippen LogP contribution in [0.25, 0.3) is 0 Å². The standard InChI is InChI=1S/C27H26N2O7/c1-14-10-16-11-19(14)24-23(16)25(31)29(26(24)32)17-6-4-15(5-7-17)27(33)36-13-22(30)28-20-9-8-18(34-2)12-21(20)35-3/h4-10,12,16,19,23-24H,11,13H2,1-3H3,(H,28,30)/t16-,19+,23-,24-/m0/s1. The summed E-state index contributed by atoms with van der Waals surface area (Å²) >= 11 is 0. The first-order chi connectivity index (χ1) is 17.3. The Morgan fingerprint density at radius 2 is 1.72 bits per heavy atom. The van der Waals surface area contributed by atoms with Crippen LogP contribution in [-0.2, 0) is 19.1 Å². The number of fused-ring (bicyclic) bond motifs is 5. The highest BCUT2D eigenvalue weighted by atomic mass is 16.5. The van der Waals surface area contributed by atoms with Crippen molar-refractivity contribution in [1.29, 1.82) is 0 Å². The van der Waals surface area contributed by atoms with Crippen molar-refractivity contribution in [2.75, 3.05) is 31.0 Å². The fourth-order valence-electron chi connectivity index (χ4n) is 5.58. The van der Waals surface area contributed by atoms with Gasteiger partial charge < -0.3 is 19.5 Å². The number of amides is 3. The van der Waals surface area contributed by atoms with E-state index < -0.39 is 18.5 Å². The number of esters is 1. The van der Waals surface area contributed by atoms with Crippen molar-refractivity contribution in [3.63, 3.8) is 0 Å². The van der Waals surface area contributed by atoms with Crippen molar-refractivity contribution >= 4 is 35.1 Å². The molecule has 36 heavy (non-hydrogen) atoms. The SMILES string of the molecule is COc1ccc(NC(=O)COC(=O)c2ccc(N3C(=O)[C@@H]4[C@@H](C3=O)[C@H]3C=C(C)[C@H]4C3)cc2)c(OC)c1. The van der Waals surface area contributed by atoms with E-state index in [2.05, 4.69) is 11.4 Å². The Labute approximate surface area is 208 Å². The summed E-state index contributed by atoms with van der Waals surface area (Å²) in [6, 6.07) is 11.0. The van der Waals surface area contributed by atoms with Crippen molar-refractivity contribution in [3.8, 4) is 11.5 Å². The minimum Gasteiger partial charge on any atom is -0.497 e. The maximum absolute atomic E-state index is 13.1. The predicted molar refractivity (Wildman–Crippen MR) is 130 cm³/mol. The van der Waals surface area contributed by atoms with Crippen molar-refractivity contribution in [1.82, 2.24) is 0 Å². The van der Waals surface area contributed by atoms with E-state index in [4.69, 9.17) is 14.2 Å².